The van der Waals surface area contributed by atoms with Gasteiger partial charge >= 0.3 is 6.09 Å². The van der Waals surface area contributed by atoms with Crippen LogP contribution in [0.25, 0.3) is 0 Å². The van der Waals surface area contributed by atoms with Gasteiger partial charge in [-0.3, -0.25) is 19.1 Å². The smallest absolute Gasteiger partial charge is 0.408 e. The van der Waals surface area contributed by atoms with E-state index in [0.717, 1.165) is 32.1 Å². The molecule has 12 heteroatoms. The number of carbonyl (C=O) groups is 4. The molecule has 4 rings (SSSR count). The number of alkyl carbamates (subject to hydrolysis) is 1. The number of rotatable bonds is 4. The molecule has 0 unspecified atom stereocenters. The van der Waals surface area contributed by atoms with Gasteiger partial charge in [0.1, 0.15) is 11.6 Å². The fourth-order valence-electron chi connectivity index (χ4n) is 6.00. The van der Waals surface area contributed by atoms with Crippen molar-refractivity contribution in [3.63, 3.8) is 0 Å². The number of fused-ring (bicyclic) bond motifs is 2. The molecule has 2 aliphatic carbocycles. The summed E-state index contributed by atoms with van der Waals surface area (Å²) in [5.41, 5.74) is -1.91. The van der Waals surface area contributed by atoms with E-state index < -0.39 is 62.3 Å². The highest BCUT2D eigenvalue weighted by Gasteiger charge is 2.61. The second-order valence-electron chi connectivity index (χ2n) is 12.7. The largest absolute Gasteiger partial charge is 0.436 e. The second-order valence-corrected chi connectivity index (χ2v) is 14.6. The van der Waals surface area contributed by atoms with Gasteiger partial charge in [0.05, 0.1) is 5.25 Å². The van der Waals surface area contributed by atoms with Gasteiger partial charge in [0.2, 0.25) is 15.9 Å². The molecule has 0 spiro atoms. The molecule has 0 aromatic heterocycles. The van der Waals surface area contributed by atoms with Crippen molar-refractivity contribution in [1.29, 1.82) is 0 Å². The summed E-state index contributed by atoms with van der Waals surface area (Å²) < 4.78 is 33.7. The number of carbonyl (C=O) groups excluding carboxylic acids is 4. The van der Waals surface area contributed by atoms with Crippen molar-refractivity contribution in [2.45, 2.75) is 126 Å². The van der Waals surface area contributed by atoms with Crippen LogP contribution in [0.15, 0.2) is 12.2 Å². The molecule has 2 aliphatic heterocycles. The highest BCUT2D eigenvalue weighted by molar-refractivity contribution is 7.90. The van der Waals surface area contributed by atoms with E-state index in [-0.39, 0.29) is 5.92 Å². The first-order valence-corrected chi connectivity index (χ1v) is 16.2. The lowest BCUT2D eigenvalue weighted by molar-refractivity contribution is -0.146. The fourth-order valence-corrected chi connectivity index (χ4v) is 7.56. The zero-order valence-electron chi connectivity index (χ0n) is 23.9. The van der Waals surface area contributed by atoms with Crippen molar-refractivity contribution in [2.24, 2.45) is 5.92 Å². The Morgan fingerprint density at radius 3 is 2.42 bits per heavy atom. The minimum absolute atomic E-state index is 0.292. The molecule has 4 aliphatic rings. The Bertz CT molecular complexity index is 1130. The molecule has 1 saturated heterocycles. The van der Waals surface area contributed by atoms with Crippen molar-refractivity contribution in [2.75, 3.05) is 6.54 Å². The van der Waals surface area contributed by atoms with Gasteiger partial charge in [0.15, 0.2) is 6.10 Å². The summed E-state index contributed by atoms with van der Waals surface area (Å²) in [5.74, 6) is -1.97. The van der Waals surface area contributed by atoms with E-state index in [9.17, 15) is 27.6 Å². The van der Waals surface area contributed by atoms with Crippen molar-refractivity contribution in [3.05, 3.63) is 12.2 Å². The molecule has 224 valence electrons. The molecule has 2 saturated carbocycles. The molecule has 40 heavy (non-hydrogen) atoms. The number of nitrogens with zero attached hydrogens (tertiary/aromatic N) is 1. The first-order chi connectivity index (χ1) is 18.8. The first kappa shape index (κ1) is 30.3. The fraction of sp³-hybridized carbons (Fsp3) is 0.786. The van der Waals surface area contributed by atoms with Crippen LogP contribution in [0.4, 0.5) is 4.79 Å². The van der Waals surface area contributed by atoms with E-state index in [4.69, 9.17) is 4.74 Å². The number of hydrogen-bond donors (Lipinski definition) is 3. The third-order valence-electron chi connectivity index (χ3n) is 8.29. The summed E-state index contributed by atoms with van der Waals surface area (Å²) in [6.07, 6.45) is 9.47. The molecular weight excluding hydrogens is 536 g/mol. The van der Waals surface area contributed by atoms with Gasteiger partial charge in [-0.1, -0.05) is 31.4 Å². The number of sulfonamides is 1. The average Bonchev–Trinajstić information content (AvgIpc) is 3.25. The molecule has 0 aromatic carbocycles. The van der Waals surface area contributed by atoms with E-state index >= 15 is 0 Å². The zero-order chi connectivity index (χ0) is 29.1. The van der Waals surface area contributed by atoms with Crippen LogP contribution in [-0.2, 0) is 29.1 Å². The van der Waals surface area contributed by atoms with Gasteiger partial charge in [-0.2, -0.15) is 0 Å². The van der Waals surface area contributed by atoms with E-state index in [1.54, 1.807) is 0 Å². The van der Waals surface area contributed by atoms with E-state index in [1.807, 2.05) is 32.9 Å². The standard InChI is InChI=1S/C28H44N4O7S/c1-27(2,3)30-26(36)39-22-16-8-6-4-5-7-12-19-18-28(19,25(35)31-40(37,38)20-13-9-10-14-20)29-23(33)21-15-11-17-32(21)24(22)34/h7,12,19-22H,4-6,8-11,13-18H2,1-3H3,(H,29,33)(H,30,36)(H,31,35)/t19-,21+,22+,28-/m1/s1. The minimum atomic E-state index is -3.86. The SMILES string of the molecule is CC(C)(C)NC(=O)O[C@H]1CCCCCC=C[C@@H]2C[C@@]2(C(=O)NS(=O)(=O)C2CCCC2)NC(=O)[C@@H]2CCCN2C1=O. The van der Waals surface area contributed by atoms with Crippen molar-refractivity contribution >= 4 is 33.8 Å². The van der Waals surface area contributed by atoms with Crippen molar-refractivity contribution in [3.8, 4) is 0 Å². The van der Waals surface area contributed by atoms with E-state index in [0.29, 0.717) is 51.5 Å². The maximum Gasteiger partial charge on any atom is 0.408 e. The molecule has 11 nitrogen and oxygen atoms in total. The Hall–Kier alpha value is -2.63. The Morgan fingerprint density at radius 2 is 1.73 bits per heavy atom. The third-order valence-corrected chi connectivity index (χ3v) is 10.1. The molecule has 0 aromatic rings. The Morgan fingerprint density at radius 1 is 1.02 bits per heavy atom. The third kappa shape index (κ3) is 7.16. The van der Waals surface area contributed by atoms with Crippen molar-refractivity contribution < 1.29 is 32.3 Å². The Labute approximate surface area is 237 Å². The summed E-state index contributed by atoms with van der Waals surface area (Å²) >= 11 is 0. The minimum Gasteiger partial charge on any atom is -0.436 e. The Balaban J connectivity index is 1.54. The zero-order valence-corrected chi connectivity index (χ0v) is 24.7. The first-order valence-electron chi connectivity index (χ1n) is 14.7. The summed E-state index contributed by atoms with van der Waals surface area (Å²) in [4.78, 5) is 54.6. The second kappa shape index (κ2) is 12.1. The lowest BCUT2D eigenvalue weighted by atomic mass is 10.1. The predicted octanol–water partition coefficient (Wildman–Crippen LogP) is 2.65. The molecule has 3 N–H and O–H groups in total. The number of amides is 4. The molecular formula is C28H44N4O7S. The number of hydrogen-bond acceptors (Lipinski definition) is 7. The number of ether oxygens (including phenoxy) is 1. The molecule has 0 radical (unpaired) electrons. The monoisotopic (exact) mass is 580 g/mol. The van der Waals surface area contributed by atoms with Crippen LogP contribution in [0.5, 0.6) is 0 Å². The summed E-state index contributed by atoms with van der Waals surface area (Å²) in [6, 6.07) is -0.837. The van der Waals surface area contributed by atoms with Crippen LogP contribution in [0.3, 0.4) is 0 Å². The quantitative estimate of drug-likeness (QED) is 0.433. The van der Waals surface area contributed by atoms with Gasteiger partial charge in [-0.05, 0) is 78.6 Å². The van der Waals surface area contributed by atoms with Crippen LogP contribution in [0.2, 0.25) is 0 Å². The lowest BCUT2D eigenvalue weighted by Crippen LogP contribution is -2.58. The van der Waals surface area contributed by atoms with Crippen molar-refractivity contribution in [1.82, 2.24) is 20.3 Å². The lowest BCUT2D eigenvalue weighted by Gasteiger charge is -2.30. The topological polar surface area (TPSA) is 151 Å². The molecule has 2 heterocycles. The molecule has 0 bridgehead atoms. The highest BCUT2D eigenvalue weighted by atomic mass is 32.2. The van der Waals surface area contributed by atoms with Crippen LogP contribution < -0.4 is 15.4 Å². The van der Waals surface area contributed by atoms with Crippen LogP contribution in [-0.4, -0.2) is 72.2 Å². The summed E-state index contributed by atoms with van der Waals surface area (Å²) in [5, 5.41) is 4.97. The van der Waals surface area contributed by atoms with Crippen LogP contribution in [0, 0.1) is 5.92 Å². The average molecular weight is 581 g/mol. The van der Waals surface area contributed by atoms with E-state index in [2.05, 4.69) is 15.4 Å². The van der Waals surface area contributed by atoms with Gasteiger partial charge in [-0.15, -0.1) is 0 Å². The summed E-state index contributed by atoms with van der Waals surface area (Å²) in [7, 11) is -3.86. The maximum atomic E-state index is 13.6. The van der Waals surface area contributed by atoms with Gasteiger partial charge < -0.3 is 20.3 Å². The van der Waals surface area contributed by atoms with Gasteiger partial charge in [0, 0.05) is 18.0 Å². The van der Waals surface area contributed by atoms with Crippen LogP contribution in [0.1, 0.15) is 97.8 Å². The maximum absolute atomic E-state index is 13.6. The molecule has 3 fully saturated rings. The molecule has 4 amide bonds. The summed E-state index contributed by atoms with van der Waals surface area (Å²) in [6.45, 7) is 5.78. The highest BCUT2D eigenvalue weighted by Crippen LogP contribution is 2.46. The Kier molecular flexibility index (Phi) is 9.16. The predicted molar refractivity (Wildman–Crippen MR) is 148 cm³/mol. The normalized spacial score (nSPS) is 30.4. The van der Waals surface area contributed by atoms with Gasteiger partial charge in [0.25, 0.3) is 11.8 Å². The van der Waals surface area contributed by atoms with E-state index in [1.165, 1.54) is 4.90 Å². The number of allylic oxidation sites excluding steroid dienone is 1. The number of nitrogens with one attached hydrogen (secondary N) is 3. The van der Waals surface area contributed by atoms with Gasteiger partial charge in [-0.25, -0.2) is 13.2 Å². The van der Waals surface area contributed by atoms with Crippen LogP contribution >= 0.6 is 0 Å². The molecule has 4 atom stereocenters.